The molecule has 0 fully saturated rings. The molecule has 2 heterocycles. The van der Waals surface area contributed by atoms with Crippen molar-refractivity contribution in [3.63, 3.8) is 0 Å². The molecule has 4 aromatic rings. The molecule has 36 heavy (non-hydrogen) atoms. The SMILES string of the molecule is COc1cc(OC)cc(-c2nc(S/C(=C\c3ccc(-c4ccc(C(=O)O)cc4C)o3)C(=O)O)n[nH]2)c1. The first-order valence-corrected chi connectivity index (χ1v) is 11.3. The lowest BCUT2D eigenvalue weighted by molar-refractivity contribution is -0.131. The molecular formula is C25H21N3O7S. The first-order chi connectivity index (χ1) is 17.3. The van der Waals surface area contributed by atoms with Crippen molar-refractivity contribution in [1.82, 2.24) is 15.2 Å². The molecule has 0 aliphatic rings. The number of carboxylic acid groups (broad SMARTS) is 2. The second kappa shape index (κ2) is 10.4. The van der Waals surface area contributed by atoms with Crippen LogP contribution in [0.15, 0.2) is 63.0 Å². The van der Waals surface area contributed by atoms with Gasteiger partial charge < -0.3 is 24.1 Å². The topological polar surface area (TPSA) is 148 Å². The fraction of sp³-hybridized carbons (Fsp3) is 0.120. The van der Waals surface area contributed by atoms with Gasteiger partial charge in [-0.1, -0.05) is 6.07 Å². The molecule has 3 N–H and O–H groups in total. The van der Waals surface area contributed by atoms with Crippen molar-refractivity contribution < 1.29 is 33.7 Å². The van der Waals surface area contributed by atoms with Gasteiger partial charge >= 0.3 is 11.9 Å². The lowest BCUT2D eigenvalue weighted by Crippen LogP contribution is -1.97. The summed E-state index contributed by atoms with van der Waals surface area (Å²) in [5.74, 6) is 0.165. The highest BCUT2D eigenvalue weighted by Gasteiger charge is 2.17. The summed E-state index contributed by atoms with van der Waals surface area (Å²) in [6.07, 6.45) is 1.38. The molecule has 2 aromatic carbocycles. The minimum atomic E-state index is -1.17. The Bertz CT molecular complexity index is 1450. The van der Waals surface area contributed by atoms with Gasteiger partial charge in [0, 0.05) is 23.3 Å². The number of aryl methyl sites for hydroxylation is 1. The molecule has 184 valence electrons. The number of ether oxygens (including phenoxy) is 2. The molecule has 0 saturated carbocycles. The summed E-state index contributed by atoms with van der Waals surface area (Å²) in [5.41, 5.74) is 2.25. The fourth-order valence-corrected chi connectivity index (χ4v) is 4.06. The maximum atomic E-state index is 11.9. The predicted molar refractivity (Wildman–Crippen MR) is 132 cm³/mol. The van der Waals surface area contributed by atoms with Gasteiger partial charge in [-0.2, -0.15) is 0 Å². The van der Waals surface area contributed by atoms with Crippen LogP contribution < -0.4 is 9.47 Å². The van der Waals surface area contributed by atoms with Crippen LogP contribution in [0.2, 0.25) is 0 Å². The number of nitrogens with zero attached hydrogens (tertiary/aromatic N) is 2. The standard InChI is InChI=1S/C25H21N3O7S/c1-13-8-14(23(29)30)4-6-19(13)20-7-5-16(35-20)12-21(24(31)32)36-25-26-22(27-28-25)15-9-17(33-2)11-18(10-15)34-3/h4-12H,1-3H3,(H,29,30)(H,31,32)(H,26,27,28)/b21-12-. The summed E-state index contributed by atoms with van der Waals surface area (Å²) in [6, 6.07) is 13.2. The molecule has 11 heteroatoms. The number of rotatable bonds is 9. The van der Waals surface area contributed by atoms with E-state index in [0.717, 1.165) is 17.3 Å². The van der Waals surface area contributed by atoms with Crippen LogP contribution in [0.3, 0.4) is 0 Å². The zero-order valence-electron chi connectivity index (χ0n) is 19.4. The molecule has 4 rings (SSSR count). The first kappa shape index (κ1) is 24.6. The van der Waals surface area contributed by atoms with Gasteiger partial charge in [0.05, 0.1) is 19.8 Å². The van der Waals surface area contributed by atoms with E-state index in [1.807, 2.05) is 0 Å². The second-order valence-corrected chi connectivity index (χ2v) is 8.53. The van der Waals surface area contributed by atoms with Gasteiger partial charge in [-0.3, -0.25) is 5.10 Å². The van der Waals surface area contributed by atoms with Crippen molar-refractivity contribution in [3.8, 4) is 34.2 Å². The quantitative estimate of drug-likeness (QED) is 0.209. The van der Waals surface area contributed by atoms with E-state index in [1.54, 1.807) is 49.4 Å². The number of methoxy groups -OCH3 is 2. The van der Waals surface area contributed by atoms with E-state index < -0.39 is 11.9 Å². The number of aromatic amines is 1. The second-order valence-electron chi connectivity index (χ2n) is 7.52. The van der Waals surface area contributed by atoms with Crippen LogP contribution in [0, 0.1) is 6.92 Å². The number of aromatic nitrogens is 3. The Balaban J connectivity index is 1.57. The average molecular weight is 508 g/mol. The fourth-order valence-electron chi connectivity index (χ4n) is 3.38. The third kappa shape index (κ3) is 5.41. The lowest BCUT2D eigenvalue weighted by atomic mass is 10.0. The molecule has 0 amide bonds. The summed E-state index contributed by atoms with van der Waals surface area (Å²) >= 11 is 0.861. The molecule has 0 unspecified atom stereocenters. The zero-order chi connectivity index (χ0) is 25.8. The van der Waals surface area contributed by atoms with Crippen LogP contribution in [0.1, 0.15) is 21.7 Å². The van der Waals surface area contributed by atoms with Crippen LogP contribution in [0.5, 0.6) is 11.5 Å². The van der Waals surface area contributed by atoms with Crippen LogP contribution in [0.4, 0.5) is 0 Å². The van der Waals surface area contributed by atoms with E-state index in [-0.39, 0.29) is 15.6 Å². The molecular weight excluding hydrogens is 486 g/mol. The van der Waals surface area contributed by atoms with Gasteiger partial charge in [-0.05, 0) is 60.6 Å². The minimum absolute atomic E-state index is 0.0531. The Morgan fingerprint density at radius 2 is 1.75 bits per heavy atom. The van der Waals surface area contributed by atoms with Crippen LogP contribution in [0.25, 0.3) is 28.8 Å². The van der Waals surface area contributed by atoms with Gasteiger partial charge in [-0.25, -0.2) is 14.6 Å². The van der Waals surface area contributed by atoms with Gasteiger partial charge in [0.2, 0.25) is 5.16 Å². The molecule has 0 aliphatic heterocycles. The molecule has 0 aliphatic carbocycles. The maximum absolute atomic E-state index is 11.9. The number of hydrogen-bond donors (Lipinski definition) is 3. The van der Waals surface area contributed by atoms with Crippen molar-refractivity contribution >= 4 is 29.8 Å². The number of aromatic carboxylic acids is 1. The van der Waals surface area contributed by atoms with Crippen LogP contribution in [-0.2, 0) is 4.79 Å². The number of carboxylic acids is 2. The number of H-pyrrole nitrogens is 1. The van der Waals surface area contributed by atoms with Crippen LogP contribution in [-0.4, -0.2) is 51.6 Å². The average Bonchev–Trinajstić information content (AvgIpc) is 3.53. The van der Waals surface area contributed by atoms with Crippen molar-refractivity contribution in [3.05, 3.63) is 70.3 Å². The maximum Gasteiger partial charge on any atom is 0.342 e. The molecule has 10 nitrogen and oxygen atoms in total. The Morgan fingerprint density at radius 1 is 1.03 bits per heavy atom. The summed E-state index contributed by atoms with van der Waals surface area (Å²) in [6.45, 7) is 1.77. The third-order valence-corrected chi connectivity index (χ3v) is 6.02. The van der Waals surface area contributed by atoms with Gasteiger partial charge in [-0.15, -0.1) is 5.10 Å². The molecule has 0 bridgehead atoms. The number of nitrogens with one attached hydrogen (secondary N) is 1. The Labute approximate surface area is 209 Å². The molecule has 2 aromatic heterocycles. The number of aliphatic carboxylic acids is 1. The first-order valence-electron chi connectivity index (χ1n) is 10.5. The Kier molecular flexibility index (Phi) is 7.11. The summed E-state index contributed by atoms with van der Waals surface area (Å²) in [7, 11) is 3.08. The third-order valence-electron chi connectivity index (χ3n) is 5.14. The monoisotopic (exact) mass is 507 g/mol. The van der Waals surface area contributed by atoms with E-state index in [1.165, 1.54) is 26.4 Å². The van der Waals surface area contributed by atoms with E-state index in [4.69, 9.17) is 19.0 Å². The summed E-state index contributed by atoms with van der Waals surface area (Å²) in [5, 5.41) is 26.0. The van der Waals surface area contributed by atoms with E-state index in [2.05, 4.69) is 15.2 Å². The summed E-state index contributed by atoms with van der Waals surface area (Å²) in [4.78, 5) is 27.4. The zero-order valence-corrected chi connectivity index (χ0v) is 20.3. The number of benzene rings is 2. The van der Waals surface area contributed by atoms with Crippen molar-refractivity contribution in [2.45, 2.75) is 12.1 Å². The van der Waals surface area contributed by atoms with E-state index >= 15 is 0 Å². The number of thioether (sulfide) groups is 1. The van der Waals surface area contributed by atoms with E-state index in [0.29, 0.717) is 40.0 Å². The number of hydrogen-bond acceptors (Lipinski definition) is 8. The van der Waals surface area contributed by atoms with Crippen molar-refractivity contribution in [2.75, 3.05) is 14.2 Å². The molecule has 0 spiro atoms. The largest absolute Gasteiger partial charge is 0.497 e. The minimum Gasteiger partial charge on any atom is -0.497 e. The van der Waals surface area contributed by atoms with Gasteiger partial charge in [0.1, 0.15) is 27.9 Å². The van der Waals surface area contributed by atoms with Gasteiger partial charge in [0.25, 0.3) is 0 Å². The van der Waals surface area contributed by atoms with Crippen LogP contribution >= 0.6 is 11.8 Å². The van der Waals surface area contributed by atoms with E-state index in [9.17, 15) is 14.7 Å². The molecule has 0 saturated heterocycles. The predicted octanol–water partition coefficient (Wildman–Crippen LogP) is 4.97. The normalized spacial score (nSPS) is 11.4. The smallest absolute Gasteiger partial charge is 0.342 e. The highest BCUT2D eigenvalue weighted by atomic mass is 32.2. The Hall–Kier alpha value is -4.51. The Morgan fingerprint density at radius 3 is 2.36 bits per heavy atom. The van der Waals surface area contributed by atoms with Crippen molar-refractivity contribution in [1.29, 1.82) is 0 Å². The highest BCUT2D eigenvalue weighted by Crippen LogP contribution is 2.32. The summed E-state index contributed by atoms with van der Waals surface area (Å²) < 4.78 is 16.4. The molecule has 0 radical (unpaired) electrons. The number of carbonyl (C=O) groups is 2. The van der Waals surface area contributed by atoms with Gasteiger partial charge in [0.15, 0.2) is 5.82 Å². The molecule has 0 atom stereocenters. The highest BCUT2D eigenvalue weighted by molar-refractivity contribution is 8.04. The van der Waals surface area contributed by atoms with Crippen molar-refractivity contribution in [2.24, 2.45) is 0 Å². The number of furan rings is 1. The lowest BCUT2D eigenvalue weighted by Gasteiger charge is -2.06.